The SMILES string of the molecule is O=C(Nc1ccc(SCC(=O)n2c3ccccc3c3ccccc32)cc1)/C(=C/c1c(Cl)cccc1Cl)NC(=O)c1ccccc1. The molecule has 1 heterocycles. The maximum absolute atomic E-state index is 13.4. The molecule has 9 heteroatoms. The van der Waals surface area contributed by atoms with Gasteiger partial charge in [0.05, 0.1) is 16.8 Å². The zero-order chi connectivity index (χ0) is 31.3. The number of amides is 2. The molecule has 6 rings (SSSR count). The molecule has 0 saturated carbocycles. The molecule has 0 unspecified atom stereocenters. The predicted octanol–water partition coefficient (Wildman–Crippen LogP) is 8.94. The first-order valence-electron chi connectivity index (χ1n) is 14.0. The molecule has 1 aromatic heterocycles. The number of nitrogens with zero attached hydrogens (tertiary/aromatic N) is 1. The Morgan fingerprint density at radius 2 is 1.27 bits per heavy atom. The van der Waals surface area contributed by atoms with Crippen LogP contribution >= 0.6 is 35.0 Å². The van der Waals surface area contributed by atoms with Crippen LogP contribution in [0.2, 0.25) is 10.0 Å². The number of fused-ring (bicyclic) bond motifs is 3. The van der Waals surface area contributed by atoms with Crippen molar-refractivity contribution < 1.29 is 14.4 Å². The van der Waals surface area contributed by atoms with Crippen LogP contribution in [0, 0.1) is 0 Å². The molecule has 0 bridgehead atoms. The highest BCUT2D eigenvalue weighted by molar-refractivity contribution is 8.00. The Hall–Kier alpha value is -4.82. The Balaban J connectivity index is 1.17. The maximum Gasteiger partial charge on any atom is 0.272 e. The fourth-order valence-electron chi connectivity index (χ4n) is 4.97. The average molecular weight is 651 g/mol. The predicted molar refractivity (Wildman–Crippen MR) is 184 cm³/mol. The molecule has 0 saturated heterocycles. The molecule has 222 valence electrons. The highest BCUT2D eigenvalue weighted by atomic mass is 35.5. The van der Waals surface area contributed by atoms with Crippen LogP contribution in [0.1, 0.15) is 20.7 Å². The van der Waals surface area contributed by atoms with Gasteiger partial charge in [-0.1, -0.05) is 83.9 Å². The van der Waals surface area contributed by atoms with Crippen LogP contribution in [-0.2, 0) is 4.79 Å². The molecule has 6 nitrogen and oxygen atoms in total. The lowest BCUT2D eigenvalue weighted by atomic mass is 10.1. The van der Waals surface area contributed by atoms with Crippen molar-refractivity contribution in [1.82, 2.24) is 9.88 Å². The number of aromatic nitrogens is 1. The summed E-state index contributed by atoms with van der Waals surface area (Å²) in [5.74, 6) is -0.820. The number of carbonyl (C=O) groups is 3. The Labute approximate surface area is 273 Å². The van der Waals surface area contributed by atoms with Crippen LogP contribution in [0.15, 0.2) is 132 Å². The van der Waals surface area contributed by atoms with Gasteiger partial charge in [0.1, 0.15) is 5.70 Å². The zero-order valence-electron chi connectivity index (χ0n) is 23.7. The van der Waals surface area contributed by atoms with E-state index in [-0.39, 0.29) is 17.4 Å². The Morgan fingerprint density at radius 3 is 1.89 bits per heavy atom. The molecule has 0 spiro atoms. The molecule has 5 aromatic carbocycles. The number of hydrogen-bond acceptors (Lipinski definition) is 4. The van der Waals surface area contributed by atoms with Gasteiger partial charge in [0, 0.05) is 42.5 Å². The summed E-state index contributed by atoms with van der Waals surface area (Å²) < 4.78 is 1.77. The van der Waals surface area contributed by atoms with Gasteiger partial charge in [-0.2, -0.15) is 0 Å². The van der Waals surface area contributed by atoms with Crippen LogP contribution in [0.4, 0.5) is 5.69 Å². The number of anilines is 1. The zero-order valence-corrected chi connectivity index (χ0v) is 26.0. The van der Waals surface area contributed by atoms with Gasteiger partial charge < -0.3 is 10.6 Å². The lowest BCUT2D eigenvalue weighted by Crippen LogP contribution is -2.30. The van der Waals surface area contributed by atoms with E-state index in [1.54, 1.807) is 65.2 Å². The molecule has 2 amide bonds. The summed E-state index contributed by atoms with van der Waals surface area (Å²) in [5.41, 5.74) is 3.02. The molecule has 45 heavy (non-hydrogen) atoms. The van der Waals surface area contributed by atoms with Gasteiger partial charge in [-0.15, -0.1) is 11.8 Å². The van der Waals surface area contributed by atoms with Gasteiger partial charge in [-0.05, 0) is 66.7 Å². The molecule has 0 aliphatic rings. The van der Waals surface area contributed by atoms with E-state index in [2.05, 4.69) is 10.6 Å². The van der Waals surface area contributed by atoms with Gasteiger partial charge in [-0.3, -0.25) is 19.0 Å². The van der Waals surface area contributed by atoms with Crippen LogP contribution in [0.3, 0.4) is 0 Å². The van der Waals surface area contributed by atoms with E-state index in [0.29, 0.717) is 26.9 Å². The van der Waals surface area contributed by atoms with Gasteiger partial charge in [0.15, 0.2) is 0 Å². The molecule has 0 radical (unpaired) electrons. The molecule has 0 aliphatic heterocycles. The lowest BCUT2D eigenvalue weighted by molar-refractivity contribution is -0.113. The molecule has 6 aromatic rings. The molecule has 0 aliphatic carbocycles. The fourth-order valence-corrected chi connectivity index (χ4v) is 6.22. The number of carbonyl (C=O) groups excluding carboxylic acids is 3. The fraction of sp³-hybridized carbons (Fsp3) is 0.0278. The van der Waals surface area contributed by atoms with E-state index >= 15 is 0 Å². The third kappa shape index (κ3) is 6.66. The van der Waals surface area contributed by atoms with Crippen molar-refractivity contribution in [3.8, 4) is 0 Å². The summed E-state index contributed by atoms with van der Waals surface area (Å²) in [4.78, 5) is 40.6. The standard InChI is InChI=1S/C36H25Cl2N3O3S/c37-29-13-8-14-30(38)28(29)21-31(40-35(43)23-9-2-1-3-10-23)36(44)39-24-17-19-25(20-18-24)45-22-34(42)41-32-15-6-4-11-26(32)27-12-5-7-16-33(27)41/h1-21H,22H2,(H,39,44)(H,40,43)/b31-21-. The van der Waals surface area contributed by atoms with Crippen molar-refractivity contribution in [3.63, 3.8) is 0 Å². The van der Waals surface area contributed by atoms with Crippen molar-refractivity contribution >= 4 is 86.3 Å². The normalized spacial score (nSPS) is 11.5. The number of halogens is 2. The van der Waals surface area contributed by atoms with Gasteiger partial charge in [0.25, 0.3) is 11.8 Å². The van der Waals surface area contributed by atoms with E-state index in [0.717, 1.165) is 26.7 Å². The molecular weight excluding hydrogens is 625 g/mol. The van der Waals surface area contributed by atoms with Crippen molar-refractivity contribution in [1.29, 1.82) is 0 Å². The smallest absolute Gasteiger partial charge is 0.272 e. The molecule has 2 N–H and O–H groups in total. The Morgan fingerprint density at radius 1 is 0.689 bits per heavy atom. The van der Waals surface area contributed by atoms with Crippen molar-refractivity contribution in [2.45, 2.75) is 4.90 Å². The third-order valence-electron chi connectivity index (χ3n) is 7.12. The molecule has 0 atom stereocenters. The lowest BCUT2D eigenvalue weighted by Gasteiger charge is -2.13. The summed E-state index contributed by atoms with van der Waals surface area (Å²) >= 11 is 14.1. The topological polar surface area (TPSA) is 80.2 Å². The van der Waals surface area contributed by atoms with Crippen molar-refractivity contribution in [3.05, 3.63) is 148 Å². The number of nitrogens with one attached hydrogen (secondary N) is 2. The van der Waals surface area contributed by atoms with E-state index in [4.69, 9.17) is 23.2 Å². The number of benzene rings is 5. The van der Waals surface area contributed by atoms with Crippen LogP contribution < -0.4 is 10.6 Å². The van der Waals surface area contributed by atoms with Crippen molar-refractivity contribution in [2.75, 3.05) is 11.1 Å². The quantitative estimate of drug-likeness (QED) is 0.127. The first-order chi connectivity index (χ1) is 21.9. The Bertz CT molecular complexity index is 2020. The van der Waals surface area contributed by atoms with Crippen LogP contribution in [0.5, 0.6) is 0 Å². The summed E-state index contributed by atoms with van der Waals surface area (Å²) in [7, 11) is 0. The second-order valence-corrected chi connectivity index (χ2v) is 11.9. The van der Waals surface area contributed by atoms with Crippen molar-refractivity contribution in [2.24, 2.45) is 0 Å². The minimum Gasteiger partial charge on any atom is -0.321 e. The number of para-hydroxylation sites is 2. The second-order valence-electron chi connectivity index (χ2n) is 10.0. The van der Waals surface area contributed by atoms with Gasteiger partial charge in [0.2, 0.25) is 5.91 Å². The number of hydrogen-bond donors (Lipinski definition) is 2. The molecule has 0 fully saturated rings. The first kappa shape index (κ1) is 30.2. The third-order valence-corrected chi connectivity index (χ3v) is 8.78. The van der Waals surface area contributed by atoms with Gasteiger partial charge >= 0.3 is 0 Å². The maximum atomic E-state index is 13.4. The second kappa shape index (κ2) is 13.4. The summed E-state index contributed by atoms with van der Waals surface area (Å²) in [5, 5.41) is 8.25. The molecular formula is C36H25Cl2N3O3S. The highest BCUT2D eigenvalue weighted by Gasteiger charge is 2.18. The van der Waals surface area contributed by atoms with E-state index in [9.17, 15) is 14.4 Å². The number of thioether (sulfide) groups is 1. The van der Waals surface area contributed by atoms with Crippen LogP contribution in [0.25, 0.3) is 27.9 Å². The minimum atomic E-state index is -0.558. The summed E-state index contributed by atoms with van der Waals surface area (Å²) in [6, 6.07) is 36.5. The summed E-state index contributed by atoms with van der Waals surface area (Å²) in [6.07, 6.45) is 1.45. The van der Waals surface area contributed by atoms with E-state index in [1.807, 2.05) is 60.7 Å². The number of rotatable bonds is 8. The largest absolute Gasteiger partial charge is 0.321 e. The van der Waals surface area contributed by atoms with Gasteiger partial charge in [-0.25, -0.2) is 0 Å². The first-order valence-corrected chi connectivity index (χ1v) is 15.7. The monoisotopic (exact) mass is 649 g/mol. The minimum absolute atomic E-state index is 0.0306. The van der Waals surface area contributed by atoms with Crippen LogP contribution in [-0.4, -0.2) is 28.0 Å². The highest BCUT2D eigenvalue weighted by Crippen LogP contribution is 2.30. The average Bonchev–Trinajstić information content (AvgIpc) is 3.40. The Kier molecular flexibility index (Phi) is 9.03. The van der Waals surface area contributed by atoms with E-state index in [1.165, 1.54) is 17.8 Å². The summed E-state index contributed by atoms with van der Waals surface area (Å²) in [6.45, 7) is 0. The van der Waals surface area contributed by atoms with E-state index < -0.39 is 11.8 Å².